The van der Waals surface area contributed by atoms with Crippen LogP contribution >= 0.6 is 0 Å². The molecule has 4 rings (SSSR count). The van der Waals surface area contributed by atoms with Crippen molar-refractivity contribution in [3.63, 3.8) is 0 Å². The van der Waals surface area contributed by atoms with Gasteiger partial charge in [0.1, 0.15) is 0 Å². The maximum Gasteiger partial charge on any atom is 0.490 e. The summed E-state index contributed by atoms with van der Waals surface area (Å²) in [6.45, 7) is 4.77. The van der Waals surface area contributed by atoms with E-state index in [-0.39, 0.29) is 11.4 Å². The maximum atomic E-state index is 12.6. The third-order valence-electron chi connectivity index (χ3n) is 5.56. The van der Waals surface area contributed by atoms with Crippen LogP contribution in [0.15, 0.2) is 24.8 Å². The lowest BCUT2D eigenvalue weighted by Crippen LogP contribution is -2.64. The van der Waals surface area contributed by atoms with Gasteiger partial charge in [0.25, 0.3) is 0 Å². The number of carbonyl (C=O) groups is 2. The van der Waals surface area contributed by atoms with Gasteiger partial charge in [-0.1, -0.05) is 0 Å². The lowest BCUT2D eigenvalue weighted by Gasteiger charge is -2.46. The molecule has 2 aliphatic heterocycles. The number of carboxylic acids is 1. The van der Waals surface area contributed by atoms with E-state index >= 15 is 0 Å². The van der Waals surface area contributed by atoms with Gasteiger partial charge in [-0.2, -0.15) is 18.3 Å². The van der Waals surface area contributed by atoms with Gasteiger partial charge in [-0.3, -0.25) is 14.4 Å². The van der Waals surface area contributed by atoms with E-state index in [9.17, 15) is 18.0 Å². The number of aliphatic carboxylic acids is 1. The number of carboxylic acid groups (broad SMARTS) is 1. The second kappa shape index (κ2) is 8.73. The molecule has 2 aromatic rings. The predicted octanol–water partition coefficient (Wildman–Crippen LogP) is 1.08. The Morgan fingerprint density at radius 3 is 2.31 bits per heavy atom. The van der Waals surface area contributed by atoms with Gasteiger partial charge in [0.05, 0.1) is 24.0 Å². The van der Waals surface area contributed by atoms with E-state index in [1.807, 2.05) is 44.5 Å². The zero-order chi connectivity index (χ0) is 23.7. The highest BCUT2D eigenvalue weighted by Crippen LogP contribution is 2.34. The van der Waals surface area contributed by atoms with Crippen LogP contribution in [-0.4, -0.2) is 86.6 Å². The lowest BCUT2D eigenvalue weighted by atomic mass is 9.93. The van der Waals surface area contributed by atoms with Crippen molar-refractivity contribution in [3.05, 3.63) is 30.4 Å². The van der Waals surface area contributed by atoms with Crippen molar-refractivity contribution in [1.82, 2.24) is 24.6 Å². The molecule has 13 heteroatoms. The molecule has 4 heterocycles. The summed E-state index contributed by atoms with van der Waals surface area (Å²) >= 11 is 0. The van der Waals surface area contributed by atoms with Crippen molar-refractivity contribution in [3.8, 4) is 0 Å². The molecule has 1 amide bonds. The first-order valence-electron chi connectivity index (χ1n) is 9.75. The fraction of sp³-hybridized carbons (Fsp3) is 0.526. The molecule has 1 spiro atoms. The Bertz CT molecular complexity index is 979. The van der Waals surface area contributed by atoms with Crippen LogP contribution in [0, 0.1) is 6.92 Å². The number of rotatable bonds is 2. The monoisotopic (exact) mass is 455 g/mol. The van der Waals surface area contributed by atoms with Crippen LogP contribution in [-0.2, 0) is 16.6 Å². The van der Waals surface area contributed by atoms with Crippen LogP contribution in [0.4, 0.5) is 24.8 Å². The first-order valence-corrected chi connectivity index (χ1v) is 9.75. The molecule has 32 heavy (non-hydrogen) atoms. The molecule has 1 atom stereocenters. The van der Waals surface area contributed by atoms with Gasteiger partial charge < -0.3 is 14.9 Å². The molecule has 0 saturated carbocycles. The summed E-state index contributed by atoms with van der Waals surface area (Å²) in [7, 11) is 3.91. The topological polar surface area (TPSA) is 108 Å². The van der Waals surface area contributed by atoms with E-state index in [2.05, 4.69) is 24.9 Å². The Kier molecular flexibility index (Phi) is 6.39. The average Bonchev–Trinajstić information content (AvgIpc) is 3.33. The first-order chi connectivity index (χ1) is 14.9. The van der Waals surface area contributed by atoms with Crippen LogP contribution < -0.4 is 9.80 Å². The number of anilines is 2. The van der Waals surface area contributed by atoms with E-state index in [0.717, 1.165) is 36.7 Å². The first kappa shape index (κ1) is 23.4. The number of hydrogen-bond donors (Lipinski definition) is 1. The van der Waals surface area contributed by atoms with Gasteiger partial charge in [-0.25, -0.2) is 14.8 Å². The highest BCUT2D eigenvalue weighted by Gasteiger charge is 2.48. The molecule has 0 aliphatic carbocycles. The molecule has 2 aliphatic rings. The Morgan fingerprint density at radius 1 is 1.16 bits per heavy atom. The summed E-state index contributed by atoms with van der Waals surface area (Å²) < 4.78 is 33.5. The fourth-order valence-electron chi connectivity index (χ4n) is 3.76. The molecule has 0 aromatic carbocycles. The molecule has 2 saturated heterocycles. The maximum absolute atomic E-state index is 12.6. The minimum atomic E-state index is -5.08. The van der Waals surface area contributed by atoms with Crippen LogP contribution in [0.1, 0.15) is 12.0 Å². The van der Waals surface area contributed by atoms with Crippen LogP contribution in [0.25, 0.3) is 0 Å². The molecule has 174 valence electrons. The van der Waals surface area contributed by atoms with Crippen LogP contribution in [0.3, 0.4) is 0 Å². The summed E-state index contributed by atoms with van der Waals surface area (Å²) in [5, 5.41) is 11.3. The van der Waals surface area contributed by atoms with Gasteiger partial charge in [-0.05, 0) is 26.0 Å². The number of aromatic nitrogens is 4. The molecule has 1 N–H and O–H groups in total. The number of nitrogens with zero attached hydrogens (tertiary/aromatic N) is 7. The Balaban J connectivity index is 0.000000360. The van der Waals surface area contributed by atoms with Crippen molar-refractivity contribution < 1.29 is 27.9 Å². The van der Waals surface area contributed by atoms with E-state index in [4.69, 9.17) is 9.90 Å². The zero-order valence-electron chi connectivity index (χ0n) is 17.9. The molecular weight excluding hydrogens is 431 g/mol. The molecule has 0 radical (unpaired) electrons. The van der Waals surface area contributed by atoms with Crippen molar-refractivity contribution in [2.75, 3.05) is 43.0 Å². The number of piperazine rings is 1. The minimum Gasteiger partial charge on any atom is -0.475 e. The van der Waals surface area contributed by atoms with Gasteiger partial charge in [0, 0.05) is 45.3 Å². The number of aryl methyl sites for hydroxylation is 2. The fourth-order valence-corrected chi connectivity index (χ4v) is 3.76. The van der Waals surface area contributed by atoms with Crippen molar-refractivity contribution in [2.45, 2.75) is 25.1 Å². The van der Waals surface area contributed by atoms with E-state index in [1.54, 1.807) is 10.9 Å². The number of halogens is 3. The SMILES string of the molecule is Cc1cnc(N2CCC3(C2)CN(c2cnn(C)c2)C(=O)CN3C)nc1.O=C(O)C(F)(F)F. The third kappa shape index (κ3) is 4.98. The number of alkyl halides is 3. The summed E-state index contributed by atoms with van der Waals surface area (Å²) in [6.07, 6.45) is 3.25. The Morgan fingerprint density at radius 2 is 1.78 bits per heavy atom. The average molecular weight is 455 g/mol. The van der Waals surface area contributed by atoms with Gasteiger partial charge in [0.2, 0.25) is 11.9 Å². The number of hydrogen-bond acceptors (Lipinski definition) is 7. The second-order valence-corrected chi connectivity index (χ2v) is 7.97. The van der Waals surface area contributed by atoms with Crippen molar-refractivity contribution in [2.24, 2.45) is 7.05 Å². The van der Waals surface area contributed by atoms with Gasteiger partial charge >= 0.3 is 12.1 Å². The lowest BCUT2D eigenvalue weighted by molar-refractivity contribution is -0.192. The molecule has 2 fully saturated rings. The second-order valence-electron chi connectivity index (χ2n) is 7.97. The Labute approximate surface area is 182 Å². The van der Waals surface area contributed by atoms with Crippen molar-refractivity contribution in [1.29, 1.82) is 0 Å². The minimum absolute atomic E-state index is 0.0853. The summed E-state index contributed by atoms with van der Waals surface area (Å²) in [5.74, 6) is -1.88. The third-order valence-corrected chi connectivity index (χ3v) is 5.56. The summed E-state index contributed by atoms with van der Waals surface area (Å²) in [4.78, 5) is 36.6. The summed E-state index contributed by atoms with van der Waals surface area (Å²) in [5.41, 5.74) is 1.84. The van der Waals surface area contributed by atoms with Gasteiger partial charge in [-0.15, -0.1) is 0 Å². The predicted molar refractivity (Wildman–Crippen MR) is 108 cm³/mol. The number of carbonyl (C=O) groups excluding carboxylic acids is 1. The molecule has 1 unspecified atom stereocenters. The Hall–Kier alpha value is -3.22. The number of amides is 1. The quantitative estimate of drug-likeness (QED) is 0.717. The van der Waals surface area contributed by atoms with E-state index in [0.29, 0.717) is 13.1 Å². The van der Waals surface area contributed by atoms with Crippen molar-refractivity contribution >= 4 is 23.5 Å². The zero-order valence-corrected chi connectivity index (χ0v) is 17.9. The van der Waals surface area contributed by atoms with Crippen LogP contribution in [0.2, 0.25) is 0 Å². The van der Waals surface area contributed by atoms with E-state index in [1.165, 1.54) is 0 Å². The highest BCUT2D eigenvalue weighted by molar-refractivity contribution is 5.95. The standard InChI is InChI=1S/C17H23N7O.C2HF3O2/c1-13-6-18-16(19-7-13)23-5-4-17(11-23)12-24(15(25)10-21(17)2)14-8-20-22(3)9-14;3-2(4,5)1(6)7/h6-9H,4-5,10-12H2,1-3H3;(H,6,7). The largest absolute Gasteiger partial charge is 0.490 e. The molecule has 2 aromatic heterocycles. The molecular formula is C19H24F3N7O3. The molecule has 10 nitrogen and oxygen atoms in total. The molecule has 0 bridgehead atoms. The van der Waals surface area contributed by atoms with Crippen LogP contribution in [0.5, 0.6) is 0 Å². The van der Waals surface area contributed by atoms with Gasteiger partial charge in [0.15, 0.2) is 0 Å². The number of likely N-dealkylation sites (N-methyl/N-ethyl adjacent to an activating group) is 1. The smallest absolute Gasteiger partial charge is 0.475 e. The normalized spacial score (nSPS) is 21.6. The van der Waals surface area contributed by atoms with E-state index < -0.39 is 12.1 Å². The highest BCUT2D eigenvalue weighted by atomic mass is 19.4. The summed E-state index contributed by atoms with van der Waals surface area (Å²) in [6, 6.07) is 0.